The number of fused-ring (bicyclic) bond motifs is 5. The Morgan fingerprint density at radius 2 is 1.70 bits per heavy atom. The van der Waals surface area contributed by atoms with Gasteiger partial charge in [-0.2, -0.15) is 5.01 Å². The van der Waals surface area contributed by atoms with Gasteiger partial charge in [-0.1, -0.05) is 47.5 Å². The van der Waals surface area contributed by atoms with Crippen LogP contribution < -0.4 is 0 Å². The molecule has 0 spiro atoms. The summed E-state index contributed by atoms with van der Waals surface area (Å²) in [7, 11) is 0. The van der Waals surface area contributed by atoms with Crippen LogP contribution >= 0.6 is 23.2 Å². The number of benzene rings is 2. The summed E-state index contributed by atoms with van der Waals surface area (Å²) in [6.07, 6.45) is 4.64. The van der Waals surface area contributed by atoms with Gasteiger partial charge in [0.2, 0.25) is 0 Å². The maximum atomic E-state index is 13.6. The number of nitro benzene ring substituents is 1. The smallest absolute Gasteiger partial charge is 0.272 e. The van der Waals surface area contributed by atoms with Crippen LogP contribution in [0.15, 0.2) is 54.6 Å². The second-order valence-electron chi connectivity index (χ2n) is 8.36. The Bertz CT molecular complexity index is 1220. The van der Waals surface area contributed by atoms with Gasteiger partial charge in [-0.3, -0.25) is 24.5 Å². The maximum absolute atomic E-state index is 13.6. The summed E-state index contributed by atoms with van der Waals surface area (Å²) >= 11 is 12.2. The molecule has 2 aliphatic carbocycles. The standard InChI is InChI=1S/C23H17Cl2N3O5/c24-15-8-7-14(18(10-15)28(32)33)11-26(21(29)16-3-1-2-4-17(16)25)27-22(30)19-12-5-6-13(9-12)20(19)23(27)31/h1-8,10,12-13,19-20H,9,11H2/t12-,13-,19+,20+/m0/s1. The molecule has 1 saturated carbocycles. The number of halogens is 2. The lowest BCUT2D eigenvalue weighted by Gasteiger charge is -2.31. The molecule has 1 heterocycles. The Morgan fingerprint density at radius 3 is 2.30 bits per heavy atom. The summed E-state index contributed by atoms with van der Waals surface area (Å²) < 4.78 is 0. The van der Waals surface area contributed by atoms with Crippen LogP contribution in [0.5, 0.6) is 0 Å². The molecule has 4 atom stereocenters. The largest absolute Gasteiger partial charge is 0.275 e. The Morgan fingerprint density at radius 1 is 1.06 bits per heavy atom. The molecule has 2 bridgehead atoms. The van der Waals surface area contributed by atoms with Crippen LogP contribution in [0.3, 0.4) is 0 Å². The van der Waals surface area contributed by atoms with Crippen molar-refractivity contribution in [2.24, 2.45) is 23.7 Å². The van der Waals surface area contributed by atoms with E-state index in [1.54, 1.807) is 12.1 Å². The van der Waals surface area contributed by atoms with Crippen molar-refractivity contribution >= 4 is 46.6 Å². The van der Waals surface area contributed by atoms with E-state index in [1.807, 2.05) is 12.2 Å². The van der Waals surface area contributed by atoms with Crippen molar-refractivity contribution in [2.45, 2.75) is 13.0 Å². The lowest BCUT2D eigenvalue weighted by molar-refractivity contribution is -0.385. The Labute approximate surface area is 198 Å². The van der Waals surface area contributed by atoms with Crippen LogP contribution in [0.25, 0.3) is 0 Å². The van der Waals surface area contributed by atoms with E-state index in [-0.39, 0.29) is 45.2 Å². The highest BCUT2D eigenvalue weighted by molar-refractivity contribution is 6.34. The predicted octanol–water partition coefficient (Wildman–Crippen LogP) is 4.27. The van der Waals surface area contributed by atoms with E-state index in [0.29, 0.717) is 0 Å². The fraction of sp³-hybridized carbons (Fsp3) is 0.261. The molecule has 0 radical (unpaired) electrons. The Hall–Kier alpha value is -3.23. The van der Waals surface area contributed by atoms with Gasteiger partial charge < -0.3 is 0 Å². The summed E-state index contributed by atoms with van der Waals surface area (Å²) in [6.45, 7) is -0.378. The second kappa shape index (κ2) is 7.97. The van der Waals surface area contributed by atoms with Crippen molar-refractivity contribution in [3.05, 3.63) is 85.9 Å². The lowest BCUT2D eigenvalue weighted by Crippen LogP contribution is -2.50. The summed E-state index contributed by atoms with van der Waals surface area (Å²) in [5.41, 5.74) is -0.112. The van der Waals surface area contributed by atoms with Gasteiger partial charge in [-0.05, 0) is 42.5 Å². The van der Waals surface area contributed by atoms with Gasteiger partial charge >= 0.3 is 0 Å². The number of hydrogen-bond donors (Lipinski definition) is 0. The van der Waals surface area contributed by atoms with Gasteiger partial charge in [0, 0.05) is 11.1 Å². The molecule has 33 heavy (non-hydrogen) atoms. The third-order valence-electron chi connectivity index (χ3n) is 6.59. The number of imide groups is 1. The molecule has 0 aromatic heterocycles. The van der Waals surface area contributed by atoms with Crippen molar-refractivity contribution in [3.8, 4) is 0 Å². The number of allylic oxidation sites excluding steroid dienone is 2. The first-order valence-electron chi connectivity index (χ1n) is 10.3. The molecule has 2 fully saturated rings. The SMILES string of the molecule is O=C(c1ccccc1Cl)N(Cc1ccc(Cl)cc1[N+](=O)[O-])N1C(=O)[C@H]2[C@H](C1=O)[C@H]1C=C[C@H]2C1. The van der Waals surface area contributed by atoms with Crippen LogP contribution in [0.4, 0.5) is 5.69 Å². The zero-order valence-electron chi connectivity index (χ0n) is 17.1. The minimum absolute atomic E-state index is 0.0522. The van der Waals surface area contributed by atoms with Crippen LogP contribution in [-0.4, -0.2) is 32.7 Å². The summed E-state index contributed by atoms with van der Waals surface area (Å²) in [5.74, 6) is -2.82. The number of nitrogens with zero attached hydrogens (tertiary/aromatic N) is 3. The zero-order chi connectivity index (χ0) is 23.4. The summed E-state index contributed by atoms with van der Waals surface area (Å²) in [5, 5.41) is 13.7. The summed E-state index contributed by atoms with van der Waals surface area (Å²) in [6, 6.07) is 10.3. The fourth-order valence-electron chi connectivity index (χ4n) is 5.13. The molecule has 2 aromatic carbocycles. The molecule has 2 aromatic rings. The molecule has 5 rings (SSSR count). The molecule has 0 unspecified atom stereocenters. The van der Waals surface area contributed by atoms with Crippen LogP contribution in [-0.2, 0) is 16.1 Å². The van der Waals surface area contributed by atoms with E-state index in [2.05, 4.69) is 0 Å². The van der Waals surface area contributed by atoms with Gasteiger partial charge in [0.15, 0.2) is 0 Å². The van der Waals surface area contributed by atoms with Crippen LogP contribution in [0, 0.1) is 33.8 Å². The highest BCUT2D eigenvalue weighted by atomic mass is 35.5. The topological polar surface area (TPSA) is 101 Å². The number of hydrogen-bond acceptors (Lipinski definition) is 5. The first-order chi connectivity index (χ1) is 15.8. The van der Waals surface area contributed by atoms with E-state index in [0.717, 1.165) is 16.4 Å². The average molecular weight is 486 g/mol. The minimum atomic E-state index is -0.702. The Balaban J connectivity index is 1.58. The Kier molecular flexibility index (Phi) is 5.22. The third kappa shape index (κ3) is 3.41. The molecular formula is C23H17Cl2N3O5. The highest BCUT2D eigenvalue weighted by Crippen LogP contribution is 2.53. The highest BCUT2D eigenvalue weighted by Gasteiger charge is 2.61. The van der Waals surface area contributed by atoms with Gasteiger partial charge in [0.05, 0.1) is 39.5 Å². The van der Waals surface area contributed by atoms with Crippen molar-refractivity contribution in [1.82, 2.24) is 10.0 Å². The normalized spacial score (nSPS) is 25.0. The zero-order valence-corrected chi connectivity index (χ0v) is 18.6. The van der Waals surface area contributed by atoms with Gasteiger partial charge in [0.1, 0.15) is 0 Å². The summed E-state index contributed by atoms with van der Waals surface area (Å²) in [4.78, 5) is 51.4. The molecule has 8 nitrogen and oxygen atoms in total. The number of carbonyl (C=O) groups excluding carboxylic acids is 3. The quantitative estimate of drug-likeness (QED) is 0.272. The average Bonchev–Trinajstić information content (AvgIpc) is 3.47. The van der Waals surface area contributed by atoms with Gasteiger partial charge in [0.25, 0.3) is 23.4 Å². The van der Waals surface area contributed by atoms with Crippen LogP contribution in [0.1, 0.15) is 22.3 Å². The molecule has 1 aliphatic heterocycles. The van der Waals surface area contributed by atoms with E-state index in [1.165, 1.54) is 30.3 Å². The van der Waals surface area contributed by atoms with E-state index in [4.69, 9.17) is 23.2 Å². The number of rotatable bonds is 5. The van der Waals surface area contributed by atoms with E-state index in [9.17, 15) is 24.5 Å². The van der Waals surface area contributed by atoms with Crippen molar-refractivity contribution < 1.29 is 19.3 Å². The van der Waals surface area contributed by atoms with Gasteiger partial charge in [-0.25, -0.2) is 5.01 Å². The predicted molar refractivity (Wildman–Crippen MR) is 119 cm³/mol. The van der Waals surface area contributed by atoms with Crippen molar-refractivity contribution in [1.29, 1.82) is 0 Å². The molecule has 168 valence electrons. The molecule has 10 heteroatoms. The third-order valence-corrected chi connectivity index (χ3v) is 7.16. The van der Waals surface area contributed by atoms with E-state index < -0.39 is 34.5 Å². The minimum Gasteiger partial charge on any atom is -0.272 e. The first-order valence-corrected chi connectivity index (χ1v) is 11.1. The van der Waals surface area contributed by atoms with Gasteiger partial charge in [-0.15, -0.1) is 0 Å². The fourth-order valence-corrected chi connectivity index (χ4v) is 5.52. The maximum Gasteiger partial charge on any atom is 0.275 e. The molecule has 1 saturated heterocycles. The number of carbonyl (C=O) groups is 3. The first kappa shape index (κ1) is 21.6. The molecule has 3 amide bonds. The van der Waals surface area contributed by atoms with Crippen molar-refractivity contribution in [3.63, 3.8) is 0 Å². The number of amides is 3. The van der Waals surface area contributed by atoms with Crippen LogP contribution in [0.2, 0.25) is 10.0 Å². The monoisotopic (exact) mass is 485 g/mol. The molecule has 0 N–H and O–H groups in total. The second-order valence-corrected chi connectivity index (χ2v) is 9.20. The number of nitro groups is 1. The van der Waals surface area contributed by atoms with Crippen molar-refractivity contribution in [2.75, 3.05) is 0 Å². The molecule has 3 aliphatic rings. The van der Waals surface area contributed by atoms with E-state index >= 15 is 0 Å². The molecular weight excluding hydrogens is 469 g/mol. The lowest BCUT2D eigenvalue weighted by atomic mass is 9.85. The number of hydrazine groups is 1.